The summed E-state index contributed by atoms with van der Waals surface area (Å²) in [5.74, 6) is -0.918. The molecule has 32 heavy (non-hydrogen) atoms. The SMILES string of the molecule is C=CC(=O)OCCCCCCOC(=O)C=C.COc1ccc(O)cc1.O=C1C=CC(=O)O1. The standard InChI is InChI=1S/C12H18O4.C7H8O2.C4H2O3/c1-3-11(13)15-9-7-5-6-8-10-16-12(14)4-2;1-9-7-4-2-6(8)3-5-7;5-3-1-2-4(6)7-3/h3-4H,1-2,5-10H2;2-5,8H,1H3;1-2H. The Morgan fingerprint density at radius 2 is 1.31 bits per heavy atom. The number of ether oxygens (including phenoxy) is 4. The van der Waals surface area contributed by atoms with Crippen molar-refractivity contribution in [3.05, 3.63) is 61.7 Å². The molecule has 1 aliphatic heterocycles. The molecular weight excluding hydrogens is 420 g/mol. The van der Waals surface area contributed by atoms with Crippen LogP contribution in [0.3, 0.4) is 0 Å². The first-order chi connectivity index (χ1) is 15.3. The molecule has 174 valence electrons. The molecule has 0 saturated heterocycles. The summed E-state index contributed by atoms with van der Waals surface area (Å²) < 4.78 is 18.4. The third kappa shape index (κ3) is 16.0. The van der Waals surface area contributed by atoms with Gasteiger partial charge in [0.05, 0.1) is 20.3 Å². The molecule has 1 aromatic rings. The number of benzene rings is 1. The van der Waals surface area contributed by atoms with Crippen LogP contribution in [0.1, 0.15) is 25.7 Å². The Labute approximate surface area is 186 Å². The van der Waals surface area contributed by atoms with E-state index in [1.54, 1.807) is 31.4 Å². The monoisotopic (exact) mass is 448 g/mol. The van der Waals surface area contributed by atoms with E-state index in [1.807, 2.05) is 0 Å². The quantitative estimate of drug-likeness (QED) is 0.189. The molecule has 0 bridgehead atoms. The van der Waals surface area contributed by atoms with Crippen LogP contribution in [0.2, 0.25) is 0 Å². The van der Waals surface area contributed by atoms with E-state index in [1.165, 1.54) is 0 Å². The largest absolute Gasteiger partial charge is 0.508 e. The van der Waals surface area contributed by atoms with E-state index in [2.05, 4.69) is 17.9 Å². The van der Waals surface area contributed by atoms with E-state index in [4.69, 9.17) is 19.3 Å². The Kier molecular flexibility index (Phi) is 15.8. The zero-order valence-corrected chi connectivity index (χ0v) is 18.0. The molecule has 0 saturated carbocycles. The average molecular weight is 448 g/mol. The minimum Gasteiger partial charge on any atom is -0.508 e. The summed E-state index contributed by atoms with van der Waals surface area (Å²) in [7, 11) is 1.59. The van der Waals surface area contributed by atoms with Crippen molar-refractivity contribution in [3.63, 3.8) is 0 Å². The minimum atomic E-state index is -0.579. The maximum absolute atomic E-state index is 10.6. The molecule has 1 N–H and O–H groups in total. The molecule has 1 heterocycles. The summed E-state index contributed by atoms with van der Waals surface area (Å²) in [6, 6.07) is 6.57. The number of esters is 4. The normalized spacial score (nSPS) is 11.0. The highest BCUT2D eigenvalue weighted by molar-refractivity contribution is 6.04. The Morgan fingerprint density at radius 1 is 0.875 bits per heavy atom. The number of aromatic hydroxyl groups is 1. The van der Waals surface area contributed by atoms with Gasteiger partial charge in [0.2, 0.25) is 0 Å². The third-order valence-electron chi connectivity index (χ3n) is 3.49. The van der Waals surface area contributed by atoms with Crippen LogP contribution in [-0.4, -0.2) is 49.3 Å². The number of phenols is 1. The van der Waals surface area contributed by atoms with Crippen LogP contribution in [0, 0.1) is 0 Å². The molecule has 0 atom stereocenters. The first-order valence-electron chi connectivity index (χ1n) is 9.67. The molecule has 9 nitrogen and oxygen atoms in total. The second-order valence-electron chi connectivity index (χ2n) is 5.93. The van der Waals surface area contributed by atoms with Gasteiger partial charge in [-0.3, -0.25) is 0 Å². The van der Waals surface area contributed by atoms with Gasteiger partial charge < -0.3 is 24.1 Å². The van der Waals surface area contributed by atoms with Crippen LogP contribution < -0.4 is 4.74 Å². The predicted molar refractivity (Wildman–Crippen MR) is 116 cm³/mol. The number of unbranched alkanes of at least 4 members (excludes halogenated alkanes) is 3. The second-order valence-corrected chi connectivity index (χ2v) is 5.93. The first kappa shape index (κ1) is 28.1. The summed E-state index contributed by atoms with van der Waals surface area (Å²) in [6.07, 6.45) is 7.98. The zero-order valence-electron chi connectivity index (χ0n) is 18.0. The van der Waals surface area contributed by atoms with Gasteiger partial charge in [0.1, 0.15) is 11.5 Å². The molecule has 1 aromatic carbocycles. The molecule has 0 aromatic heterocycles. The third-order valence-corrected chi connectivity index (χ3v) is 3.49. The fourth-order valence-corrected chi connectivity index (χ4v) is 1.91. The van der Waals surface area contributed by atoms with Crippen LogP contribution in [-0.2, 0) is 33.4 Å². The van der Waals surface area contributed by atoms with Crippen LogP contribution >= 0.6 is 0 Å². The molecule has 0 aliphatic carbocycles. The van der Waals surface area contributed by atoms with Crippen LogP contribution in [0.5, 0.6) is 11.5 Å². The van der Waals surface area contributed by atoms with E-state index >= 15 is 0 Å². The zero-order chi connectivity index (χ0) is 24.2. The molecule has 0 unspecified atom stereocenters. The van der Waals surface area contributed by atoms with Gasteiger partial charge >= 0.3 is 23.9 Å². The Balaban J connectivity index is 0.000000499. The van der Waals surface area contributed by atoms with Gasteiger partial charge in [-0.15, -0.1) is 0 Å². The summed E-state index contributed by atoms with van der Waals surface area (Å²) in [5, 5.41) is 8.80. The van der Waals surface area contributed by atoms with Crippen molar-refractivity contribution in [1.29, 1.82) is 0 Å². The topological polar surface area (TPSA) is 125 Å². The molecule has 0 radical (unpaired) electrons. The van der Waals surface area contributed by atoms with Crippen molar-refractivity contribution >= 4 is 23.9 Å². The Morgan fingerprint density at radius 3 is 1.62 bits per heavy atom. The Hall–Kier alpha value is -3.88. The van der Waals surface area contributed by atoms with Gasteiger partial charge in [-0.25, -0.2) is 19.2 Å². The molecule has 1 aliphatic rings. The summed E-state index contributed by atoms with van der Waals surface area (Å²) in [4.78, 5) is 41.1. The minimum absolute atomic E-state index is 0.260. The van der Waals surface area contributed by atoms with Gasteiger partial charge in [0.25, 0.3) is 0 Å². The maximum Gasteiger partial charge on any atom is 0.338 e. The van der Waals surface area contributed by atoms with Crippen molar-refractivity contribution in [2.45, 2.75) is 25.7 Å². The number of phenolic OH excluding ortho intramolecular Hbond substituents is 1. The second kappa shape index (κ2) is 17.9. The highest BCUT2D eigenvalue weighted by Gasteiger charge is 2.10. The van der Waals surface area contributed by atoms with Gasteiger partial charge in [-0.1, -0.05) is 13.2 Å². The lowest BCUT2D eigenvalue weighted by atomic mass is 10.2. The molecule has 2 rings (SSSR count). The van der Waals surface area contributed by atoms with Crippen LogP contribution in [0.4, 0.5) is 0 Å². The van der Waals surface area contributed by atoms with E-state index in [9.17, 15) is 19.2 Å². The van der Waals surface area contributed by atoms with Gasteiger partial charge in [-0.05, 0) is 49.9 Å². The van der Waals surface area contributed by atoms with Crippen molar-refractivity contribution in [3.8, 4) is 11.5 Å². The molecule has 0 amide bonds. The highest BCUT2D eigenvalue weighted by atomic mass is 16.6. The van der Waals surface area contributed by atoms with E-state index in [0.29, 0.717) is 13.2 Å². The summed E-state index contributed by atoms with van der Waals surface area (Å²) in [6.45, 7) is 7.41. The maximum atomic E-state index is 10.6. The summed E-state index contributed by atoms with van der Waals surface area (Å²) in [5.41, 5.74) is 0. The smallest absolute Gasteiger partial charge is 0.338 e. The number of rotatable bonds is 10. The fraction of sp³-hybridized carbons (Fsp3) is 0.304. The number of hydrogen-bond acceptors (Lipinski definition) is 9. The fourth-order valence-electron chi connectivity index (χ4n) is 1.91. The van der Waals surface area contributed by atoms with E-state index < -0.39 is 11.9 Å². The summed E-state index contributed by atoms with van der Waals surface area (Å²) >= 11 is 0. The van der Waals surface area contributed by atoms with Crippen LogP contribution in [0.15, 0.2) is 61.7 Å². The van der Waals surface area contributed by atoms with Crippen LogP contribution in [0.25, 0.3) is 0 Å². The van der Waals surface area contributed by atoms with Crippen molar-refractivity contribution in [1.82, 2.24) is 0 Å². The lowest BCUT2D eigenvalue weighted by molar-refractivity contribution is -0.150. The number of methoxy groups -OCH3 is 1. The van der Waals surface area contributed by atoms with Gasteiger partial charge in [0.15, 0.2) is 0 Å². The van der Waals surface area contributed by atoms with Crippen molar-refractivity contribution in [2.24, 2.45) is 0 Å². The van der Waals surface area contributed by atoms with E-state index in [0.717, 1.165) is 55.7 Å². The van der Waals surface area contributed by atoms with Gasteiger partial charge in [-0.2, -0.15) is 0 Å². The lowest BCUT2D eigenvalue weighted by Gasteiger charge is -2.03. The Bertz CT molecular complexity index is 737. The molecule has 0 spiro atoms. The van der Waals surface area contributed by atoms with Crippen molar-refractivity contribution < 1.29 is 43.2 Å². The van der Waals surface area contributed by atoms with Crippen molar-refractivity contribution in [2.75, 3.05) is 20.3 Å². The number of carbonyl (C=O) groups is 4. The average Bonchev–Trinajstić information content (AvgIpc) is 3.18. The lowest BCUT2D eigenvalue weighted by Crippen LogP contribution is -2.03. The number of carbonyl (C=O) groups excluding carboxylic acids is 4. The van der Waals surface area contributed by atoms with E-state index in [-0.39, 0.29) is 17.7 Å². The van der Waals surface area contributed by atoms with Gasteiger partial charge in [0, 0.05) is 24.3 Å². The molecular formula is C23H28O9. The predicted octanol–water partition coefficient (Wildman–Crippen LogP) is 3.03. The first-order valence-corrected chi connectivity index (χ1v) is 9.67. The number of hydrogen-bond donors (Lipinski definition) is 1. The molecule has 0 fully saturated rings. The molecule has 9 heteroatoms. The highest BCUT2D eigenvalue weighted by Crippen LogP contribution is 2.14. The number of cyclic esters (lactones) is 2.